The van der Waals surface area contributed by atoms with Crippen LogP contribution in [-0.2, 0) is 6.42 Å². The normalized spacial score (nSPS) is 15.1. The van der Waals surface area contributed by atoms with Gasteiger partial charge in [-0.05, 0) is 42.9 Å². The molecular formula is C15H23N. The molecule has 0 bridgehead atoms. The molecule has 0 unspecified atom stereocenters. The van der Waals surface area contributed by atoms with E-state index in [4.69, 9.17) is 0 Å². The third kappa shape index (κ3) is 3.88. The van der Waals surface area contributed by atoms with Crippen molar-refractivity contribution in [2.24, 2.45) is 5.92 Å². The van der Waals surface area contributed by atoms with E-state index in [9.17, 15) is 0 Å². The van der Waals surface area contributed by atoms with Crippen LogP contribution in [-0.4, -0.2) is 6.54 Å². The quantitative estimate of drug-likeness (QED) is 0.720. The van der Waals surface area contributed by atoms with Crippen LogP contribution in [0.15, 0.2) is 24.3 Å². The second kappa shape index (κ2) is 5.93. The first kappa shape index (κ1) is 11.5. The van der Waals surface area contributed by atoms with Gasteiger partial charge in [0.25, 0.3) is 0 Å². The van der Waals surface area contributed by atoms with Crippen LogP contribution in [0.3, 0.4) is 0 Å². The molecule has 1 nitrogen and oxygen atoms in total. The van der Waals surface area contributed by atoms with Gasteiger partial charge in [0.2, 0.25) is 0 Å². The number of nitrogens with one attached hydrogen (secondary N) is 1. The smallest absolute Gasteiger partial charge is 0.0340 e. The zero-order valence-electron chi connectivity index (χ0n) is 10.3. The number of hydrogen-bond donors (Lipinski definition) is 1. The Morgan fingerprint density at radius 1 is 1.19 bits per heavy atom. The van der Waals surface area contributed by atoms with E-state index in [2.05, 4.69) is 36.5 Å². The van der Waals surface area contributed by atoms with Gasteiger partial charge in [-0.2, -0.15) is 0 Å². The molecule has 1 N–H and O–H groups in total. The number of hydrogen-bond acceptors (Lipinski definition) is 1. The number of rotatable bonds is 7. The van der Waals surface area contributed by atoms with Crippen LogP contribution in [0.5, 0.6) is 0 Å². The lowest BCUT2D eigenvalue weighted by atomic mass is 10.1. The summed E-state index contributed by atoms with van der Waals surface area (Å²) in [6, 6.07) is 8.96. The maximum Gasteiger partial charge on any atom is 0.0340 e. The Labute approximate surface area is 99.3 Å². The number of anilines is 1. The zero-order chi connectivity index (χ0) is 11.2. The molecule has 1 aliphatic rings. The van der Waals surface area contributed by atoms with E-state index < -0.39 is 0 Å². The molecule has 1 saturated carbocycles. The fourth-order valence-corrected chi connectivity index (χ4v) is 2.00. The largest absolute Gasteiger partial charge is 0.385 e. The average Bonchev–Trinajstić information content (AvgIpc) is 3.12. The third-order valence-corrected chi connectivity index (χ3v) is 3.35. The molecule has 1 aliphatic carbocycles. The highest BCUT2D eigenvalue weighted by Gasteiger charge is 2.19. The minimum absolute atomic E-state index is 1.02. The van der Waals surface area contributed by atoms with Crippen molar-refractivity contribution in [2.45, 2.75) is 45.4 Å². The Kier molecular flexibility index (Phi) is 4.26. The van der Waals surface area contributed by atoms with Crippen LogP contribution in [0.1, 0.15) is 44.6 Å². The minimum atomic E-state index is 1.02. The highest BCUT2D eigenvalue weighted by Crippen LogP contribution is 2.32. The molecular weight excluding hydrogens is 194 g/mol. The molecule has 0 atom stereocenters. The molecule has 0 radical (unpaired) electrons. The molecule has 1 aromatic carbocycles. The fraction of sp³-hybridized carbons (Fsp3) is 0.600. The molecule has 1 aromatic rings. The van der Waals surface area contributed by atoms with Crippen LogP contribution < -0.4 is 5.32 Å². The summed E-state index contributed by atoms with van der Waals surface area (Å²) in [4.78, 5) is 0. The van der Waals surface area contributed by atoms with Gasteiger partial charge in [0, 0.05) is 12.2 Å². The van der Waals surface area contributed by atoms with Gasteiger partial charge in [0.1, 0.15) is 0 Å². The van der Waals surface area contributed by atoms with Crippen molar-refractivity contribution in [3.8, 4) is 0 Å². The monoisotopic (exact) mass is 217 g/mol. The predicted molar refractivity (Wildman–Crippen MR) is 70.9 cm³/mol. The van der Waals surface area contributed by atoms with Crippen molar-refractivity contribution < 1.29 is 0 Å². The topological polar surface area (TPSA) is 12.0 Å². The summed E-state index contributed by atoms with van der Waals surface area (Å²) in [6.07, 6.45) is 8.06. The summed E-state index contributed by atoms with van der Waals surface area (Å²) in [5, 5.41) is 3.50. The van der Waals surface area contributed by atoms with Gasteiger partial charge in [-0.1, -0.05) is 38.3 Å². The number of aryl methyl sites for hydroxylation is 1. The lowest BCUT2D eigenvalue weighted by Crippen LogP contribution is -2.02. The molecule has 1 heteroatoms. The van der Waals surface area contributed by atoms with Crippen molar-refractivity contribution in [3.63, 3.8) is 0 Å². The molecule has 0 heterocycles. The molecule has 1 fully saturated rings. The van der Waals surface area contributed by atoms with Gasteiger partial charge in [-0.25, -0.2) is 0 Å². The van der Waals surface area contributed by atoms with Crippen molar-refractivity contribution in [2.75, 3.05) is 11.9 Å². The Hall–Kier alpha value is -0.980. The summed E-state index contributed by atoms with van der Waals surface area (Å²) in [7, 11) is 0. The Balaban J connectivity index is 1.72. The molecule has 0 saturated heterocycles. The summed E-state index contributed by atoms with van der Waals surface area (Å²) < 4.78 is 0. The van der Waals surface area contributed by atoms with Gasteiger partial charge >= 0.3 is 0 Å². The first-order valence-electron chi connectivity index (χ1n) is 6.71. The Bertz CT molecular complexity index is 298. The van der Waals surface area contributed by atoms with Gasteiger partial charge < -0.3 is 5.32 Å². The summed E-state index contributed by atoms with van der Waals surface area (Å²) in [5.41, 5.74) is 2.75. The first-order chi connectivity index (χ1) is 7.88. The predicted octanol–water partition coefficient (Wildman–Crippen LogP) is 4.24. The van der Waals surface area contributed by atoms with Gasteiger partial charge in [-0.15, -0.1) is 0 Å². The van der Waals surface area contributed by atoms with E-state index in [0.717, 1.165) is 12.5 Å². The summed E-state index contributed by atoms with van der Waals surface area (Å²) in [6.45, 7) is 3.38. The van der Waals surface area contributed by atoms with E-state index >= 15 is 0 Å². The minimum Gasteiger partial charge on any atom is -0.385 e. The molecule has 0 aliphatic heterocycles. The van der Waals surface area contributed by atoms with E-state index in [1.54, 1.807) is 0 Å². The van der Waals surface area contributed by atoms with E-state index in [0.29, 0.717) is 0 Å². The van der Waals surface area contributed by atoms with Crippen molar-refractivity contribution in [1.82, 2.24) is 0 Å². The standard InChI is InChI=1S/C15H23N/c1-2-3-4-13-7-9-15(10-8-13)16-12-11-14-5-6-14/h7-10,14,16H,2-6,11-12H2,1H3. The summed E-state index contributed by atoms with van der Waals surface area (Å²) >= 11 is 0. The van der Waals surface area contributed by atoms with Gasteiger partial charge in [0.05, 0.1) is 0 Å². The lowest BCUT2D eigenvalue weighted by molar-refractivity contribution is 0.760. The van der Waals surface area contributed by atoms with Gasteiger partial charge in [0.15, 0.2) is 0 Å². The second-order valence-corrected chi connectivity index (χ2v) is 4.96. The molecule has 0 spiro atoms. The van der Waals surface area contributed by atoms with E-state index in [1.807, 2.05) is 0 Å². The maximum absolute atomic E-state index is 3.50. The molecule has 16 heavy (non-hydrogen) atoms. The number of unbranched alkanes of at least 4 members (excludes halogenated alkanes) is 1. The Morgan fingerprint density at radius 2 is 1.94 bits per heavy atom. The van der Waals surface area contributed by atoms with Crippen molar-refractivity contribution in [1.29, 1.82) is 0 Å². The van der Waals surface area contributed by atoms with Crippen LogP contribution in [0.2, 0.25) is 0 Å². The fourth-order valence-electron chi connectivity index (χ4n) is 2.00. The molecule has 2 rings (SSSR count). The lowest BCUT2D eigenvalue weighted by Gasteiger charge is -2.06. The Morgan fingerprint density at radius 3 is 2.56 bits per heavy atom. The SMILES string of the molecule is CCCCc1ccc(NCCC2CC2)cc1. The van der Waals surface area contributed by atoms with Crippen LogP contribution in [0.25, 0.3) is 0 Å². The second-order valence-electron chi connectivity index (χ2n) is 4.96. The van der Waals surface area contributed by atoms with Crippen molar-refractivity contribution >= 4 is 5.69 Å². The molecule has 88 valence electrons. The van der Waals surface area contributed by atoms with E-state index in [-0.39, 0.29) is 0 Å². The van der Waals surface area contributed by atoms with Crippen LogP contribution >= 0.6 is 0 Å². The van der Waals surface area contributed by atoms with E-state index in [1.165, 1.54) is 49.8 Å². The van der Waals surface area contributed by atoms with Crippen molar-refractivity contribution in [3.05, 3.63) is 29.8 Å². The zero-order valence-corrected chi connectivity index (χ0v) is 10.3. The average molecular weight is 217 g/mol. The third-order valence-electron chi connectivity index (χ3n) is 3.35. The maximum atomic E-state index is 3.50. The number of benzene rings is 1. The highest BCUT2D eigenvalue weighted by atomic mass is 14.9. The molecule has 0 aromatic heterocycles. The van der Waals surface area contributed by atoms with Gasteiger partial charge in [-0.3, -0.25) is 0 Å². The highest BCUT2D eigenvalue weighted by molar-refractivity contribution is 5.44. The first-order valence-corrected chi connectivity index (χ1v) is 6.71. The van der Waals surface area contributed by atoms with Crippen LogP contribution in [0.4, 0.5) is 5.69 Å². The van der Waals surface area contributed by atoms with Crippen LogP contribution in [0, 0.1) is 5.92 Å². The summed E-state index contributed by atoms with van der Waals surface area (Å²) in [5.74, 6) is 1.02. The molecule has 0 amide bonds.